The molecular weight excluding hydrogens is 218 g/mol. The first-order valence-electron chi connectivity index (χ1n) is 5.19. The molecule has 0 aliphatic carbocycles. The molecule has 0 unspecified atom stereocenters. The summed E-state index contributed by atoms with van der Waals surface area (Å²) in [5.41, 5.74) is 7.77. The number of nitrogens with zero attached hydrogens (tertiary/aromatic N) is 2. The average Bonchev–Trinajstić information content (AvgIpc) is 2.94. The van der Waals surface area contributed by atoms with Crippen LogP contribution in [0.2, 0.25) is 0 Å². The minimum atomic E-state index is 0.460. The third-order valence-electron chi connectivity index (χ3n) is 2.37. The summed E-state index contributed by atoms with van der Waals surface area (Å²) in [6.07, 6.45) is 3.47. The third-order valence-corrected chi connectivity index (χ3v) is 2.37. The van der Waals surface area contributed by atoms with Crippen LogP contribution in [0.4, 0.5) is 11.7 Å². The SMILES string of the molecule is Nc1ccc2nc(NCc3ncc[nH]3)oc2c1. The minimum absolute atomic E-state index is 0.460. The van der Waals surface area contributed by atoms with Crippen molar-refractivity contribution in [2.24, 2.45) is 0 Å². The van der Waals surface area contributed by atoms with E-state index in [0.29, 0.717) is 23.8 Å². The highest BCUT2D eigenvalue weighted by atomic mass is 16.4. The van der Waals surface area contributed by atoms with E-state index in [1.807, 2.05) is 6.07 Å². The Labute approximate surface area is 96.9 Å². The Balaban J connectivity index is 1.81. The number of nitrogens with one attached hydrogen (secondary N) is 2. The van der Waals surface area contributed by atoms with Crippen molar-refractivity contribution in [3.05, 3.63) is 36.4 Å². The van der Waals surface area contributed by atoms with Crippen LogP contribution in [0.25, 0.3) is 11.1 Å². The number of fused-ring (bicyclic) bond motifs is 1. The predicted octanol–water partition coefficient (Wildman–Crippen LogP) is 1.75. The minimum Gasteiger partial charge on any atom is -0.423 e. The normalized spacial score (nSPS) is 10.8. The summed E-state index contributed by atoms with van der Waals surface area (Å²) < 4.78 is 5.50. The van der Waals surface area contributed by atoms with Crippen LogP contribution in [0.3, 0.4) is 0 Å². The third kappa shape index (κ3) is 1.92. The highest BCUT2D eigenvalue weighted by molar-refractivity contribution is 5.77. The fourth-order valence-electron chi connectivity index (χ4n) is 1.57. The number of oxazole rings is 1. The molecule has 6 nitrogen and oxygen atoms in total. The quantitative estimate of drug-likeness (QED) is 0.595. The van der Waals surface area contributed by atoms with Crippen LogP contribution in [0.1, 0.15) is 5.82 Å². The number of hydrogen-bond donors (Lipinski definition) is 3. The van der Waals surface area contributed by atoms with Gasteiger partial charge in [-0.15, -0.1) is 0 Å². The van der Waals surface area contributed by atoms with E-state index in [9.17, 15) is 0 Å². The van der Waals surface area contributed by atoms with Crippen molar-refractivity contribution in [1.82, 2.24) is 15.0 Å². The molecule has 1 aromatic carbocycles. The molecule has 4 N–H and O–H groups in total. The maximum atomic E-state index is 5.66. The van der Waals surface area contributed by atoms with Gasteiger partial charge in [-0.1, -0.05) is 0 Å². The fourth-order valence-corrected chi connectivity index (χ4v) is 1.57. The Morgan fingerprint density at radius 3 is 3.18 bits per heavy atom. The number of aromatic nitrogens is 3. The summed E-state index contributed by atoms with van der Waals surface area (Å²) in [5, 5.41) is 3.04. The summed E-state index contributed by atoms with van der Waals surface area (Å²) in [7, 11) is 0. The highest BCUT2D eigenvalue weighted by Crippen LogP contribution is 2.21. The Kier molecular flexibility index (Phi) is 2.18. The summed E-state index contributed by atoms with van der Waals surface area (Å²) in [6.45, 7) is 0.537. The first-order chi connectivity index (χ1) is 8.31. The van der Waals surface area contributed by atoms with E-state index in [4.69, 9.17) is 10.2 Å². The fraction of sp³-hybridized carbons (Fsp3) is 0.0909. The second-order valence-electron chi connectivity index (χ2n) is 3.64. The van der Waals surface area contributed by atoms with Gasteiger partial charge in [-0.25, -0.2) is 4.98 Å². The lowest BCUT2D eigenvalue weighted by molar-refractivity contribution is 0.613. The van der Waals surface area contributed by atoms with Gasteiger partial charge in [0.2, 0.25) is 0 Å². The standard InChI is InChI=1S/C11H11N5O/c12-7-1-2-8-9(5-7)17-11(16-8)15-6-10-13-3-4-14-10/h1-5H,6,12H2,(H,13,14)(H,15,16). The Hall–Kier alpha value is -2.50. The maximum absolute atomic E-state index is 5.66. The van der Waals surface area contributed by atoms with Gasteiger partial charge in [-0.2, -0.15) is 4.98 Å². The van der Waals surface area contributed by atoms with Crippen LogP contribution in [0.15, 0.2) is 35.0 Å². The molecule has 0 atom stereocenters. The molecule has 3 rings (SSSR count). The zero-order valence-corrected chi connectivity index (χ0v) is 8.97. The number of nitrogen functional groups attached to an aromatic ring is 1. The van der Waals surface area contributed by atoms with E-state index in [1.165, 1.54) is 0 Å². The Morgan fingerprint density at radius 2 is 2.35 bits per heavy atom. The van der Waals surface area contributed by atoms with Crippen LogP contribution in [-0.2, 0) is 6.54 Å². The topological polar surface area (TPSA) is 92.8 Å². The van der Waals surface area contributed by atoms with E-state index < -0.39 is 0 Å². The molecule has 0 aliphatic rings. The van der Waals surface area contributed by atoms with E-state index in [2.05, 4.69) is 20.3 Å². The van der Waals surface area contributed by atoms with Crippen molar-refractivity contribution in [3.63, 3.8) is 0 Å². The molecule has 2 heterocycles. The van der Waals surface area contributed by atoms with E-state index in [-0.39, 0.29) is 0 Å². The van der Waals surface area contributed by atoms with E-state index >= 15 is 0 Å². The monoisotopic (exact) mass is 229 g/mol. The van der Waals surface area contributed by atoms with Crippen molar-refractivity contribution < 1.29 is 4.42 Å². The zero-order valence-electron chi connectivity index (χ0n) is 8.97. The number of anilines is 2. The molecule has 86 valence electrons. The molecule has 17 heavy (non-hydrogen) atoms. The van der Waals surface area contributed by atoms with Crippen molar-refractivity contribution in [3.8, 4) is 0 Å². The second kappa shape index (κ2) is 3.82. The van der Waals surface area contributed by atoms with Gasteiger partial charge < -0.3 is 20.5 Å². The van der Waals surface area contributed by atoms with Gasteiger partial charge in [-0.05, 0) is 12.1 Å². The zero-order chi connectivity index (χ0) is 11.7. The number of nitrogens with two attached hydrogens (primary N) is 1. The smallest absolute Gasteiger partial charge is 0.296 e. The van der Waals surface area contributed by atoms with Gasteiger partial charge in [0.15, 0.2) is 5.58 Å². The molecule has 0 radical (unpaired) electrons. The molecule has 0 amide bonds. The Morgan fingerprint density at radius 1 is 1.41 bits per heavy atom. The van der Waals surface area contributed by atoms with Crippen LogP contribution >= 0.6 is 0 Å². The van der Waals surface area contributed by atoms with Crippen LogP contribution < -0.4 is 11.1 Å². The number of H-pyrrole nitrogens is 1. The average molecular weight is 229 g/mol. The predicted molar refractivity (Wildman–Crippen MR) is 64.3 cm³/mol. The van der Waals surface area contributed by atoms with Gasteiger partial charge in [-0.3, -0.25) is 0 Å². The number of aromatic amines is 1. The molecular formula is C11H11N5O. The number of imidazole rings is 1. The lowest BCUT2D eigenvalue weighted by atomic mass is 10.3. The van der Waals surface area contributed by atoms with Crippen LogP contribution in [0, 0.1) is 0 Å². The molecule has 2 aromatic heterocycles. The first-order valence-corrected chi connectivity index (χ1v) is 5.19. The summed E-state index contributed by atoms with van der Waals surface area (Å²) in [5.74, 6) is 0.826. The Bertz CT molecular complexity index is 628. The van der Waals surface area contributed by atoms with Crippen LogP contribution in [-0.4, -0.2) is 15.0 Å². The van der Waals surface area contributed by atoms with Crippen molar-refractivity contribution in [1.29, 1.82) is 0 Å². The van der Waals surface area contributed by atoms with Gasteiger partial charge >= 0.3 is 0 Å². The largest absolute Gasteiger partial charge is 0.423 e. The highest BCUT2D eigenvalue weighted by Gasteiger charge is 2.05. The second-order valence-corrected chi connectivity index (χ2v) is 3.64. The molecule has 0 aliphatic heterocycles. The lowest BCUT2D eigenvalue weighted by Crippen LogP contribution is -2.00. The van der Waals surface area contributed by atoms with Gasteiger partial charge in [0.25, 0.3) is 6.01 Å². The summed E-state index contributed by atoms with van der Waals surface area (Å²) in [6, 6.07) is 5.83. The van der Waals surface area contributed by atoms with E-state index in [1.54, 1.807) is 24.5 Å². The molecule has 3 aromatic rings. The first kappa shape index (κ1) is 9.71. The van der Waals surface area contributed by atoms with Gasteiger partial charge in [0.1, 0.15) is 11.3 Å². The summed E-state index contributed by atoms with van der Waals surface area (Å²) in [4.78, 5) is 11.4. The number of rotatable bonds is 3. The molecule has 0 saturated heterocycles. The summed E-state index contributed by atoms with van der Waals surface area (Å²) >= 11 is 0. The lowest BCUT2D eigenvalue weighted by Gasteiger charge is -1.96. The molecule has 0 fully saturated rings. The van der Waals surface area contributed by atoms with Gasteiger partial charge in [0, 0.05) is 24.1 Å². The number of benzene rings is 1. The van der Waals surface area contributed by atoms with Crippen LogP contribution in [0.5, 0.6) is 0 Å². The van der Waals surface area contributed by atoms with Crippen molar-refractivity contribution >= 4 is 22.8 Å². The maximum Gasteiger partial charge on any atom is 0.296 e. The molecule has 0 bridgehead atoms. The molecule has 6 heteroatoms. The van der Waals surface area contributed by atoms with Crippen molar-refractivity contribution in [2.45, 2.75) is 6.54 Å². The van der Waals surface area contributed by atoms with Gasteiger partial charge in [0.05, 0.1) is 6.54 Å². The molecule has 0 saturated carbocycles. The molecule has 0 spiro atoms. The van der Waals surface area contributed by atoms with Crippen molar-refractivity contribution in [2.75, 3.05) is 11.1 Å². The van der Waals surface area contributed by atoms with E-state index in [0.717, 1.165) is 11.3 Å². The number of hydrogen-bond acceptors (Lipinski definition) is 5.